The molecule has 0 bridgehead atoms. The molecule has 0 aliphatic carbocycles. The predicted molar refractivity (Wildman–Crippen MR) is 119 cm³/mol. The Labute approximate surface area is 174 Å². The molecule has 1 heterocycles. The topological polar surface area (TPSA) is 59.8 Å². The Balaban J connectivity index is 1.48. The van der Waals surface area contributed by atoms with Crippen molar-refractivity contribution >= 4 is 34.1 Å². The van der Waals surface area contributed by atoms with Crippen LogP contribution in [0.3, 0.4) is 0 Å². The van der Waals surface area contributed by atoms with E-state index in [-0.39, 0.29) is 11.2 Å². The van der Waals surface area contributed by atoms with Crippen molar-refractivity contribution < 1.29 is 4.79 Å². The van der Waals surface area contributed by atoms with Crippen molar-refractivity contribution in [1.29, 1.82) is 0 Å². The highest BCUT2D eigenvalue weighted by Crippen LogP contribution is 2.28. The summed E-state index contributed by atoms with van der Waals surface area (Å²) in [7, 11) is 1.93. The standard InChI is InChI=1S/C23H22N4OS/c1-15-8-4-7-11-20(15)21-25-26-23(27(21)3)29-16(2)22(28)24-19-13-12-17-9-5-6-10-18(17)14-19/h4-14,16H,1-3H3,(H,24,28)/t16-/m0/s1. The van der Waals surface area contributed by atoms with Crippen molar-refractivity contribution in [3.8, 4) is 11.4 Å². The Morgan fingerprint density at radius 1 is 1.00 bits per heavy atom. The van der Waals surface area contributed by atoms with E-state index >= 15 is 0 Å². The summed E-state index contributed by atoms with van der Waals surface area (Å²) in [5, 5.41) is 14.3. The van der Waals surface area contributed by atoms with Gasteiger partial charge in [0.05, 0.1) is 5.25 Å². The normalized spacial score (nSPS) is 12.1. The first-order valence-electron chi connectivity index (χ1n) is 9.44. The van der Waals surface area contributed by atoms with Gasteiger partial charge in [-0.2, -0.15) is 0 Å². The SMILES string of the molecule is Cc1ccccc1-c1nnc(S[C@@H](C)C(=O)Nc2ccc3ccccc3c2)n1C. The van der Waals surface area contributed by atoms with E-state index in [9.17, 15) is 4.79 Å². The van der Waals surface area contributed by atoms with Crippen molar-refractivity contribution in [3.05, 3.63) is 72.3 Å². The fourth-order valence-corrected chi connectivity index (χ4v) is 4.01. The number of fused-ring (bicyclic) bond motifs is 1. The van der Waals surface area contributed by atoms with E-state index in [0.29, 0.717) is 5.16 Å². The summed E-state index contributed by atoms with van der Waals surface area (Å²) >= 11 is 1.40. The van der Waals surface area contributed by atoms with Gasteiger partial charge in [0.25, 0.3) is 0 Å². The highest BCUT2D eigenvalue weighted by atomic mass is 32.2. The minimum absolute atomic E-state index is 0.0641. The number of carbonyl (C=O) groups excluding carboxylic acids is 1. The Bertz CT molecular complexity index is 1180. The van der Waals surface area contributed by atoms with Crippen molar-refractivity contribution in [3.63, 3.8) is 0 Å². The van der Waals surface area contributed by atoms with Crippen LogP contribution in [0.4, 0.5) is 5.69 Å². The highest BCUT2D eigenvalue weighted by Gasteiger charge is 2.20. The minimum atomic E-state index is -0.311. The van der Waals surface area contributed by atoms with Crippen LogP contribution in [0, 0.1) is 6.92 Å². The third-order valence-electron chi connectivity index (χ3n) is 4.89. The first kappa shape index (κ1) is 19.2. The lowest BCUT2D eigenvalue weighted by Crippen LogP contribution is -2.22. The highest BCUT2D eigenvalue weighted by molar-refractivity contribution is 8.00. The van der Waals surface area contributed by atoms with E-state index in [1.165, 1.54) is 11.8 Å². The van der Waals surface area contributed by atoms with Crippen LogP contribution in [0.5, 0.6) is 0 Å². The van der Waals surface area contributed by atoms with E-state index in [2.05, 4.69) is 34.6 Å². The largest absolute Gasteiger partial charge is 0.325 e. The van der Waals surface area contributed by atoms with Gasteiger partial charge in [-0.25, -0.2) is 0 Å². The van der Waals surface area contributed by atoms with Crippen molar-refractivity contribution in [2.45, 2.75) is 24.3 Å². The Morgan fingerprint density at radius 2 is 1.72 bits per heavy atom. The number of thioether (sulfide) groups is 1. The second-order valence-corrected chi connectivity index (χ2v) is 8.30. The smallest absolute Gasteiger partial charge is 0.237 e. The monoisotopic (exact) mass is 402 g/mol. The molecule has 1 aromatic heterocycles. The number of benzene rings is 3. The lowest BCUT2D eigenvalue weighted by atomic mass is 10.1. The summed E-state index contributed by atoms with van der Waals surface area (Å²) in [5.74, 6) is 0.735. The fourth-order valence-electron chi connectivity index (χ4n) is 3.20. The Hall–Kier alpha value is -3.12. The van der Waals surface area contributed by atoms with E-state index in [0.717, 1.165) is 33.4 Å². The molecule has 29 heavy (non-hydrogen) atoms. The van der Waals surface area contributed by atoms with Crippen LogP contribution in [0.2, 0.25) is 0 Å². The van der Waals surface area contributed by atoms with Crippen molar-refractivity contribution in [2.75, 3.05) is 5.32 Å². The van der Waals surface area contributed by atoms with Gasteiger partial charge in [-0.3, -0.25) is 4.79 Å². The number of carbonyl (C=O) groups is 1. The third-order valence-corrected chi connectivity index (χ3v) is 6.02. The number of nitrogens with one attached hydrogen (secondary N) is 1. The maximum absolute atomic E-state index is 12.7. The molecule has 1 amide bonds. The van der Waals surface area contributed by atoms with E-state index in [1.807, 2.05) is 73.1 Å². The van der Waals surface area contributed by atoms with Crippen LogP contribution in [0.25, 0.3) is 22.2 Å². The van der Waals surface area contributed by atoms with Gasteiger partial charge in [-0.15, -0.1) is 10.2 Å². The molecule has 0 saturated carbocycles. The number of rotatable bonds is 5. The average molecular weight is 403 g/mol. The van der Waals surface area contributed by atoms with Crippen molar-refractivity contribution in [1.82, 2.24) is 14.8 Å². The molecule has 0 aliphatic heterocycles. The Kier molecular flexibility index (Phi) is 5.36. The molecule has 0 aliphatic rings. The van der Waals surface area contributed by atoms with Gasteiger partial charge in [0, 0.05) is 18.3 Å². The number of anilines is 1. The zero-order valence-electron chi connectivity index (χ0n) is 16.6. The van der Waals surface area contributed by atoms with Crippen LogP contribution >= 0.6 is 11.8 Å². The molecule has 0 unspecified atom stereocenters. The third kappa shape index (κ3) is 4.03. The second-order valence-electron chi connectivity index (χ2n) is 6.99. The van der Waals surface area contributed by atoms with Crippen LogP contribution < -0.4 is 5.32 Å². The van der Waals surface area contributed by atoms with Gasteiger partial charge < -0.3 is 9.88 Å². The summed E-state index contributed by atoms with van der Waals surface area (Å²) in [4.78, 5) is 12.7. The molecule has 0 spiro atoms. The zero-order valence-corrected chi connectivity index (χ0v) is 17.4. The van der Waals surface area contributed by atoms with E-state index in [4.69, 9.17) is 0 Å². The van der Waals surface area contributed by atoms with Gasteiger partial charge in [0.2, 0.25) is 5.91 Å². The van der Waals surface area contributed by atoms with Crippen LogP contribution in [0.15, 0.2) is 71.9 Å². The van der Waals surface area contributed by atoms with Gasteiger partial charge >= 0.3 is 0 Å². The first-order valence-corrected chi connectivity index (χ1v) is 10.3. The molecule has 1 atom stereocenters. The molecular formula is C23H22N4OS. The molecule has 0 fully saturated rings. The lowest BCUT2D eigenvalue weighted by molar-refractivity contribution is -0.115. The predicted octanol–water partition coefficient (Wildman–Crippen LogP) is 5.06. The van der Waals surface area contributed by atoms with Crippen LogP contribution in [0.1, 0.15) is 12.5 Å². The molecule has 0 radical (unpaired) electrons. The lowest BCUT2D eigenvalue weighted by Gasteiger charge is -2.12. The minimum Gasteiger partial charge on any atom is -0.325 e. The summed E-state index contributed by atoms with van der Waals surface area (Å²) in [6.07, 6.45) is 0. The van der Waals surface area contributed by atoms with E-state index < -0.39 is 0 Å². The van der Waals surface area contributed by atoms with Crippen LogP contribution in [-0.2, 0) is 11.8 Å². The number of nitrogens with zero attached hydrogens (tertiary/aromatic N) is 3. The maximum Gasteiger partial charge on any atom is 0.237 e. The van der Waals surface area contributed by atoms with Crippen molar-refractivity contribution in [2.24, 2.45) is 7.05 Å². The maximum atomic E-state index is 12.7. The molecular weight excluding hydrogens is 380 g/mol. The number of aromatic nitrogens is 3. The summed E-state index contributed by atoms with van der Waals surface area (Å²) in [5.41, 5.74) is 2.98. The molecule has 146 valence electrons. The quantitative estimate of drug-likeness (QED) is 0.474. The van der Waals surface area contributed by atoms with Gasteiger partial charge in [-0.1, -0.05) is 66.4 Å². The average Bonchev–Trinajstić information content (AvgIpc) is 3.08. The molecule has 4 rings (SSSR count). The zero-order chi connectivity index (χ0) is 20.4. The molecule has 1 N–H and O–H groups in total. The molecule has 3 aromatic carbocycles. The number of aryl methyl sites for hydroxylation is 1. The number of hydrogen-bond acceptors (Lipinski definition) is 4. The molecule has 4 aromatic rings. The molecule has 6 heteroatoms. The molecule has 5 nitrogen and oxygen atoms in total. The summed E-state index contributed by atoms with van der Waals surface area (Å²) < 4.78 is 1.94. The first-order chi connectivity index (χ1) is 14.0. The number of amides is 1. The van der Waals surface area contributed by atoms with Gasteiger partial charge in [0.15, 0.2) is 11.0 Å². The molecule has 0 saturated heterocycles. The van der Waals surface area contributed by atoms with Gasteiger partial charge in [-0.05, 0) is 42.3 Å². The van der Waals surface area contributed by atoms with Gasteiger partial charge in [0.1, 0.15) is 0 Å². The summed E-state index contributed by atoms with van der Waals surface area (Å²) in [6, 6.07) is 22.1. The number of hydrogen-bond donors (Lipinski definition) is 1. The fraction of sp³-hybridized carbons (Fsp3) is 0.174. The van der Waals surface area contributed by atoms with E-state index in [1.54, 1.807) is 0 Å². The summed E-state index contributed by atoms with van der Waals surface area (Å²) in [6.45, 7) is 3.93. The second kappa shape index (κ2) is 8.09. The van der Waals surface area contributed by atoms with Crippen LogP contribution in [-0.4, -0.2) is 25.9 Å². The Morgan fingerprint density at radius 3 is 2.52 bits per heavy atom.